The minimum absolute atomic E-state index is 0.618. The van der Waals surface area contributed by atoms with Crippen LogP contribution in [0.15, 0.2) is 5.38 Å². The molecule has 1 aliphatic rings. The third-order valence-electron chi connectivity index (χ3n) is 2.05. The Balaban J connectivity index is 2.08. The second-order valence-corrected chi connectivity index (χ2v) is 5.17. The number of anilines is 1. The molecule has 2 rings (SSSR count). The number of rotatable bonds is 1. The van der Waals surface area contributed by atoms with Gasteiger partial charge in [-0.1, -0.05) is 6.42 Å². The fraction of sp³-hybridized carbons (Fsp3) is 0.625. The highest BCUT2D eigenvalue weighted by atomic mass is 32.2. The molecule has 1 unspecified atom stereocenters. The monoisotopic (exact) mass is 200 g/mol. The molecule has 2 nitrogen and oxygen atoms in total. The van der Waals surface area contributed by atoms with E-state index in [0.29, 0.717) is 10.4 Å². The maximum Gasteiger partial charge on any atom is 0.180 e. The molecule has 0 aliphatic carbocycles. The van der Waals surface area contributed by atoms with Crippen LogP contribution in [-0.2, 0) is 0 Å². The lowest BCUT2D eigenvalue weighted by atomic mass is 10.1. The lowest BCUT2D eigenvalue weighted by Crippen LogP contribution is -2.02. The molecule has 66 valence electrons. The number of thioether (sulfide) groups is 1. The van der Waals surface area contributed by atoms with Gasteiger partial charge in [0.1, 0.15) is 0 Å². The van der Waals surface area contributed by atoms with Crippen molar-refractivity contribution in [3.63, 3.8) is 0 Å². The van der Waals surface area contributed by atoms with Crippen molar-refractivity contribution in [2.45, 2.75) is 24.5 Å². The summed E-state index contributed by atoms with van der Waals surface area (Å²) in [5.41, 5.74) is 6.78. The van der Waals surface area contributed by atoms with E-state index in [1.807, 2.05) is 11.8 Å². The first-order chi connectivity index (χ1) is 5.86. The maximum atomic E-state index is 5.58. The van der Waals surface area contributed by atoms with Gasteiger partial charge in [-0.05, 0) is 18.6 Å². The number of nitrogen functional groups attached to an aromatic ring is 1. The van der Waals surface area contributed by atoms with Gasteiger partial charge >= 0.3 is 0 Å². The van der Waals surface area contributed by atoms with Crippen LogP contribution in [0.1, 0.15) is 30.2 Å². The molecule has 1 fully saturated rings. The Hall–Kier alpha value is -0.220. The summed E-state index contributed by atoms with van der Waals surface area (Å²) < 4.78 is 0. The first kappa shape index (κ1) is 8.38. The van der Waals surface area contributed by atoms with Gasteiger partial charge in [0.15, 0.2) is 5.13 Å². The van der Waals surface area contributed by atoms with Gasteiger partial charge < -0.3 is 5.73 Å². The van der Waals surface area contributed by atoms with E-state index in [9.17, 15) is 0 Å². The van der Waals surface area contributed by atoms with Crippen LogP contribution >= 0.6 is 23.1 Å². The van der Waals surface area contributed by atoms with E-state index < -0.39 is 0 Å². The molecule has 4 heteroatoms. The van der Waals surface area contributed by atoms with Gasteiger partial charge in [0, 0.05) is 10.6 Å². The summed E-state index contributed by atoms with van der Waals surface area (Å²) in [6, 6.07) is 0. The molecule has 0 bridgehead atoms. The second kappa shape index (κ2) is 3.66. The Morgan fingerprint density at radius 1 is 1.50 bits per heavy atom. The fourth-order valence-electron chi connectivity index (χ4n) is 1.42. The first-order valence-corrected chi connectivity index (χ1v) is 6.11. The van der Waals surface area contributed by atoms with Crippen LogP contribution in [0.3, 0.4) is 0 Å². The summed E-state index contributed by atoms with van der Waals surface area (Å²) in [6.07, 6.45) is 3.98. The summed E-state index contributed by atoms with van der Waals surface area (Å²) in [6.45, 7) is 0. The number of nitrogens with two attached hydrogens (primary N) is 1. The van der Waals surface area contributed by atoms with Gasteiger partial charge in [0.05, 0.1) is 5.69 Å². The van der Waals surface area contributed by atoms with Crippen molar-refractivity contribution in [2.75, 3.05) is 11.5 Å². The average molecular weight is 200 g/mol. The molecule has 1 saturated heterocycles. The smallest absolute Gasteiger partial charge is 0.180 e. The first-order valence-electron chi connectivity index (χ1n) is 4.19. The van der Waals surface area contributed by atoms with Crippen LogP contribution in [0.25, 0.3) is 0 Å². The lowest BCUT2D eigenvalue weighted by Gasteiger charge is -2.18. The highest BCUT2D eigenvalue weighted by Gasteiger charge is 2.17. The molecule has 1 aliphatic heterocycles. The third-order valence-corrected chi connectivity index (χ3v) is 4.15. The summed E-state index contributed by atoms with van der Waals surface area (Å²) in [5, 5.41) is 3.42. The molecule has 1 atom stereocenters. The summed E-state index contributed by atoms with van der Waals surface area (Å²) >= 11 is 3.57. The van der Waals surface area contributed by atoms with Crippen molar-refractivity contribution in [3.05, 3.63) is 11.1 Å². The van der Waals surface area contributed by atoms with Crippen molar-refractivity contribution in [1.82, 2.24) is 4.98 Å². The highest BCUT2D eigenvalue weighted by molar-refractivity contribution is 7.99. The molecule has 2 N–H and O–H groups in total. The molecule has 1 aromatic heterocycles. The van der Waals surface area contributed by atoms with E-state index in [0.717, 1.165) is 0 Å². The molecule has 12 heavy (non-hydrogen) atoms. The minimum Gasteiger partial charge on any atom is -0.375 e. The molecule has 2 heterocycles. The fourth-order valence-corrected chi connectivity index (χ4v) is 3.41. The summed E-state index contributed by atoms with van der Waals surface area (Å²) in [4.78, 5) is 4.31. The van der Waals surface area contributed by atoms with E-state index in [-0.39, 0.29) is 0 Å². The molecule has 0 radical (unpaired) electrons. The molecule has 1 aromatic rings. The van der Waals surface area contributed by atoms with Gasteiger partial charge in [-0.3, -0.25) is 0 Å². The zero-order valence-corrected chi connectivity index (χ0v) is 8.46. The zero-order valence-electron chi connectivity index (χ0n) is 6.82. The van der Waals surface area contributed by atoms with E-state index >= 15 is 0 Å². The van der Waals surface area contributed by atoms with Crippen molar-refractivity contribution >= 4 is 28.2 Å². The Labute approximate surface area is 80.6 Å². The SMILES string of the molecule is Nc1nc(C2CCCCS2)cs1. The van der Waals surface area contributed by atoms with Crippen LogP contribution in [0.4, 0.5) is 5.13 Å². The average Bonchev–Trinajstić information content (AvgIpc) is 2.54. The number of aromatic nitrogens is 1. The minimum atomic E-state index is 0.618. The predicted molar refractivity (Wildman–Crippen MR) is 55.6 cm³/mol. The van der Waals surface area contributed by atoms with Crippen molar-refractivity contribution in [1.29, 1.82) is 0 Å². The van der Waals surface area contributed by atoms with Crippen LogP contribution in [0, 0.1) is 0 Å². The summed E-state index contributed by atoms with van der Waals surface area (Å²) in [7, 11) is 0. The number of hydrogen-bond acceptors (Lipinski definition) is 4. The van der Waals surface area contributed by atoms with E-state index in [2.05, 4.69) is 10.4 Å². The Morgan fingerprint density at radius 2 is 2.42 bits per heavy atom. The zero-order chi connectivity index (χ0) is 8.39. The number of hydrogen-bond donors (Lipinski definition) is 1. The molecule has 0 saturated carbocycles. The lowest BCUT2D eigenvalue weighted by molar-refractivity contribution is 0.678. The van der Waals surface area contributed by atoms with E-state index in [1.165, 1.54) is 30.7 Å². The van der Waals surface area contributed by atoms with Gasteiger partial charge in [-0.2, -0.15) is 11.8 Å². The van der Waals surface area contributed by atoms with Crippen LogP contribution in [0.2, 0.25) is 0 Å². The largest absolute Gasteiger partial charge is 0.375 e. The second-order valence-electron chi connectivity index (χ2n) is 2.97. The number of nitrogens with zero attached hydrogens (tertiary/aromatic N) is 1. The van der Waals surface area contributed by atoms with Crippen LogP contribution < -0.4 is 5.73 Å². The van der Waals surface area contributed by atoms with Crippen LogP contribution in [0.5, 0.6) is 0 Å². The Bertz CT molecular complexity index is 253. The van der Waals surface area contributed by atoms with E-state index in [1.54, 1.807) is 11.3 Å². The molecule has 0 spiro atoms. The third kappa shape index (κ3) is 1.75. The number of thiazole rings is 1. The molecular weight excluding hydrogens is 188 g/mol. The van der Waals surface area contributed by atoms with Gasteiger partial charge in [-0.15, -0.1) is 11.3 Å². The normalized spacial score (nSPS) is 24.2. The standard InChI is InChI=1S/C8H12N2S2/c9-8-10-6(5-12-8)7-3-1-2-4-11-7/h5,7H,1-4H2,(H2,9,10). The van der Waals surface area contributed by atoms with Crippen LogP contribution in [-0.4, -0.2) is 10.7 Å². The Morgan fingerprint density at radius 3 is 3.00 bits per heavy atom. The van der Waals surface area contributed by atoms with Gasteiger partial charge in [-0.25, -0.2) is 4.98 Å². The predicted octanol–water partition coefficient (Wildman–Crippen LogP) is 2.68. The van der Waals surface area contributed by atoms with Crippen molar-refractivity contribution in [2.24, 2.45) is 0 Å². The molecule has 0 aromatic carbocycles. The van der Waals surface area contributed by atoms with Crippen molar-refractivity contribution in [3.8, 4) is 0 Å². The van der Waals surface area contributed by atoms with Crippen molar-refractivity contribution < 1.29 is 0 Å². The van der Waals surface area contributed by atoms with Gasteiger partial charge in [0.2, 0.25) is 0 Å². The molecule has 0 amide bonds. The maximum absolute atomic E-state index is 5.58. The quantitative estimate of drug-likeness (QED) is 0.757. The molecular formula is C8H12N2S2. The topological polar surface area (TPSA) is 38.9 Å². The van der Waals surface area contributed by atoms with E-state index in [4.69, 9.17) is 5.73 Å². The Kier molecular flexibility index (Phi) is 2.56. The highest BCUT2D eigenvalue weighted by Crippen LogP contribution is 2.38. The van der Waals surface area contributed by atoms with Gasteiger partial charge in [0.25, 0.3) is 0 Å². The summed E-state index contributed by atoms with van der Waals surface area (Å²) in [5.74, 6) is 1.28.